The van der Waals surface area contributed by atoms with Crippen molar-refractivity contribution in [2.75, 3.05) is 6.54 Å². The lowest BCUT2D eigenvalue weighted by molar-refractivity contribution is -0.126. The monoisotopic (exact) mass is 255 g/mol. The second-order valence-electron chi connectivity index (χ2n) is 4.36. The molecule has 102 valence electrons. The zero-order valence-corrected chi connectivity index (χ0v) is 10.9. The molecule has 0 aromatic carbocycles. The molecule has 0 saturated carbocycles. The summed E-state index contributed by atoms with van der Waals surface area (Å²) in [7, 11) is 0. The summed E-state index contributed by atoms with van der Waals surface area (Å²) in [5.74, 6) is -0.209. The number of rotatable bonds is 11. The van der Waals surface area contributed by atoms with Crippen LogP contribution in [0.2, 0.25) is 0 Å². The predicted molar refractivity (Wildman–Crippen MR) is 67.1 cm³/mol. The Kier molecular flexibility index (Phi) is 8.92. The largest absolute Gasteiger partial charge is 0.330 e. The second-order valence-corrected chi connectivity index (χ2v) is 4.36. The van der Waals surface area contributed by atoms with E-state index < -0.39 is 0 Å². The van der Waals surface area contributed by atoms with E-state index in [0.29, 0.717) is 13.0 Å². The third-order valence-electron chi connectivity index (χ3n) is 2.54. The fourth-order valence-electron chi connectivity index (χ4n) is 1.41. The molecule has 0 atom stereocenters. The molecule has 18 heavy (non-hydrogen) atoms. The molecule has 2 N–H and O–H groups in total. The molecule has 0 rings (SSSR count). The Morgan fingerprint density at radius 3 is 1.33 bits per heavy atom. The molecule has 0 aliphatic rings. The van der Waals surface area contributed by atoms with Gasteiger partial charge in [-0.2, -0.15) is 0 Å². The van der Waals surface area contributed by atoms with Crippen molar-refractivity contribution in [2.24, 2.45) is 5.73 Å². The van der Waals surface area contributed by atoms with Gasteiger partial charge in [0.25, 0.3) is 0 Å². The van der Waals surface area contributed by atoms with Crippen molar-refractivity contribution in [1.29, 1.82) is 0 Å². The fourth-order valence-corrected chi connectivity index (χ4v) is 1.41. The lowest BCUT2D eigenvalue weighted by Gasteiger charge is -2.00. The maximum Gasteiger partial charge on any atom is 0.134 e. The molecule has 0 spiro atoms. The van der Waals surface area contributed by atoms with E-state index in [9.17, 15) is 19.2 Å². The molecule has 0 fully saturated rings. The second kappa shape index (κ2) is 9.65. The van der Waals surface area contributed by atoms with Crippen molar-refractivity contribution in [2.45, 2.75) is 51.9 Å². The smallest absolute Gasteiger partial charge is 0.134 e. The maximum absolute atomic E-state index is 11.4. The van der Waals surface area contributed by atoms with E-state index in [1.165, 1.54) is 6.92 Å². The molecule has 0 radical (unpaired) electrons. The first-order valence-electron chi connectivity index (χ1n) is 6.20. The number of hydrogen-bond donors (Lipinski definition) is 1. The number of nitrogens with two attached hydrogens (primary N) is 1. The number of hydrogen-bond acceptors (Lipinski definition) is 5. The third-order valence-corrected chi connectivity index (χ3v) is 2.54. The Balaban J connectivity index is 3.67. The molecule has 0 aromatic rings. The number of carbonyl (C=O) groups excluding carboxylic acids is 4. The van der Waals surface area contributed by atoms with Crippen LogP contribution in [0.3, 0.4) is 0 Å². The van der Waals surface area contributed by atoms with Crippen molar-refractivity contribution in [3.63, 3.8) is 0 Å². The van der Waals surface area contributed by atoms with Gasteiger partial charge in [0.2, 0.25) is 0 Å². The SMILES string of the molecule is CC(=O)CCC(=O)CCC(=O)CCC(=O)CCN. The predicted octanol–water partition coefficient (Wildman–Crippen LogP) is 0.972. The maximum atomic E-state index is 11.4. The molecule has 0 heterocycles. The highest BCUT2D eigenvalue weighted by Gasteiger charge is 2.10. The zero-order valence-electron chi connectivity index (χ0n) is 10.9. The minimum absolute atomic E-state index is 0.0197. The van der Waals surface area contributed by atoms with Gasteiger partial charge in [0, 0.05) is 44.9 Å². The lowest BCUT2D eigenvalue weighted by atomic mass is 10.0. The van der Waals surface area contributed by atoms with Crippen LogP contribution in [-0.4, -0.2) is 29.7 Å². The van der Waals surface area contributed by atoms with Gasteiger partial charge in [-0.25, -0.2) is 0 Å². The van der Waals surface area contributed by atoms with E-state index in [-0.39, 0.29) is 61.7 Å². The van der Waals surface area contributed by atoms with E-state index in [1.54, 1.807) is 0 Å². The van der Waals surface area contributed by atoms with Crippen molar-refractivity contribution in [3.8, 4) is 0 Å². The molecule has 5 nitrogen and oxygen atoms in total. The molecular weight excluding hydrogens is 234 g/mol. The van der Waals surface area contributed by atoms with Gasteiger partial charge in [0.15, 0.2) is 0 Å². The fraction of sp³-hybridized carbons (Fsp3) is 0.692. The van der Waals surface area contributed by atoms with Crippen LogP contribution in [0.1, 0.15) is 51.9 Å². The molecule has 0 aromatic heterocycles. The Morgan fingerprint density at radius 1 is 0.667 bits per heavy atom. The van der Waals surface area contributed by atoms with E-state index in [0.717, 1.165) is 0 Å². The molecule has 0 aliphatic heterocycles. The van der Waals surface area contributed by atoms with Gasteiger partial charge in [-0.3, -0.25) is 14.4 Å². The minimum atomic E-state index is -0.0865. The Hall–Kier alpha value is -1.36. The summed E-state index contributed by atoms with van der Waals surface area (Å²) in [6, 6.07) is 0. The first kappa shape index (κ1) is 16.6. The van der Waals surface area contributed by atoms with Gasteiger partial charge >= 0.3 is 0 Å². The zero-order chi connectivity index (χ0) is 14.0. The van der Waals surface area contributed by atoms with Crippen LogP contribution in [0.25, 0.3) is 0 Å². The van der Waals surface area contributed by atoms with Gasteiger partial charge < -0.3 is 10.5 Å². The van der Waals surface area contributed by atoms with Crippen LogP contribution >= 0.6 is 0 Å². The first-order valence-corrected chi connectivity index (χ1v) is 6.20. The summed E-state index contributed by atoms with van der Waals surface area (Å²) in [4.78, 5) is 44.5. The molecule has 0 aliphatic carbocycles. The highest BCUT2D eigenvalue weighted by atomic mass is 16.1. The molecule has 5 heteroatoms. The molecule has 0 saturated heterocycles. The van der Waals surface area contributed by atoms with Gasteiger partial charge in [-0.1, -0.05) is 0 Å². The normalized spacial score (nSPS) is 10.1. The van der Waals surface area contributed by atoms with Crippen molar-refractivity contribution < 1.29 is 19.2 Å². The Morgan fingerprint density at radius 2 is 1.00 bits per heavy atom. The summed E-state index contributed by atoms with van der Waals surface area (Å²) in [5.41, 5.74) is 5.21. The number of carbonyl (C=O) groups is 4. The van der Waals surface area contributed by atoms with Crippen molar-refractivity contribution >= 4 is 23.1 Å². The summed E-state index contributed by atoms with van der Waals surface area (Å²) >= 11 is 0. The van der Waals surface area contributed by atoms with E-state index in [1.807, 2.05) is 0 Å². The van der Waals surface area contributed by atoms with E-state index in [4.69, 9.17) is 5.73 Å². The summed E-state index contributed by atoms with van der Waals surface area (Å²) < 4.78 is 0. The van der Waals surface area contributed by atoms with Gasteiger partial charge in [-0.05, 0) is 13.5 Å². The molecule has 0 amide bonds. The molecule has 0 unspecified atom stereocenters. The average Bonchev–Trinajstić information content (AvgIpc) is 2.31. The van der Waals surface area contributed by atoms with Crippen molar-refractivity contribution in [1.82, 2.24) is 0 Å². The van der Waals surface area contributed by atoms with E-state index >= 15 is 0 Å². The van der Waals surface area contributed by atoms with Gasteiger partial charge in [0.05, 0.1) is 0 Å². The lowest BCUT2D eigenvalue weighted by Crippen LogP contribution is -2.10. The average molecular weight is 255 g/mol. The molecular formula is C13H21NO4. The Labute approximate surface area is 107 Å². The van der Waals surface area contributed by atoms with Crippen LogP contribution in [0, 0.1) is 0 Å². The first-order chi connectivity index (χ1) is 8.45. The Bertz CT molecular complexity index is 323. The molecule has 0 bridgehead atoms. The van der Waals surface area contributed by atoms with Crippen LogP contribution < -0.4 is 5.73 Å². The third kappa shape index (κ3) is 9.84. The van der Waals surface area contributed by atoms with Gasteiger partial charge in [0.1, 0.15) is 23.1 Å². The van der Waals surface area contributed by atoms with Gasteiger partial charge in [-0.15, -0.1) is 0 Å². The van der Waals surface area contributed by atoms with Crippen LogP contribution in [0.15, 0.2) is 0 Å². The van der Waals surface area contributed by atoms with Crippen molar-refractivity contribution in [3.05, 3.63) is 0 Å². The van der Waals surface area contributed by atoms with E-state index in [2.05, 4.69) is 0 Å². The topological polar surface area (TPSA) is 94.3 Å². The highest BCUT2D eigenvalue weighted by molar-refractivity contribution is 5.90. The van der Waals surface area contributed by atoms with Crippen LogP contribution in [0.4, 0.5) is 0 Å². The summed E-state index contributed by atoms with van der Waals surface area (Å²) in [6.07, 6.45) is 1.45. The summed E-state index contributed by atoms with van der Waals surface area (Å²) in [5, 5.41) is 0. The summed E-state index contributed by atoms with van der Waals surface area (Å²) in [6.45, 7) is 1.73. The number of Topliss-reactive ketones (excluding diaryl/α,β-unsaturated/α-hetero) is 4. The highest BCUT2D eigenvalue weighted by Crippen LogP contribution is 2.04. The number of ketones is 4. The van der Waals surface area contributed by atoms with Crippen LogP contribution in [-0.2, 0) is 19.2 Å². The minimum Gasteiger partial charge on any atom is -0.330 e. The quantitative estimate of drug-likeness (QED) is 0.593. The standard InChI is InChI=1S/C13H21NO4/c1-10(15)2-3-11(16)4-5-12(17)6-7-13(18)8-9-14/h2-9,14H2,1H3. The van der Waals surface area contributed by atoms with Crippen LogP contribution in [0.5, 0.6) is 0 Å².